The molecule has 1 aromatic heterocycles. The zero-order valence-corrected chi connectivity index (χ0v) is 12.3. The van der Waals surface area contributed by atoms with Gasteiger partial charge in [0.15, 0.2) is 5.82 Å². The highest BCUT2D eigenvalue weighted by molar-refractivity contribution is 5.07. The Hall–Kier alpha value is -1.01. The molecule has 3 rings (SSSR count). The van der Waals surface area contributed by atoms with Crippen LogP contribution < -0.4 is 5.32 Å². The first-order chi connectivity index (χ1) is 8.89. The van der Waals surface area contributed by atoms with Gasteiger partial charge in [-0.05, 0) is 44.7 Å². The molecule has 1 unspecified atom stereocenters. The maximum atomic E-state index is 4.31. The zero-order valence-electron chi connectivity index (χ0n) is 12.3. The molecular weight excluding hydrogens is 240 g/mol. The Morgan fingerprint density at radius 2 is 2.05 bits per heavy atom. The maximum absolute atomic E-state index is 4.31. The van der Waals surface area contributed by atoms with Gasteiger partial charge in [0, 0.05) is 24.2 Å². The number of nitrogens with one attached hydrogen (secondary N) is 1. The maximum Gasteiger partial charge on any atom is 0.188 e. The van der Waals surface area contributed by atoms with Gasteiger partial charge in [-0.25, -0.2) is 0 Å². The van der Waals surface area contributed by atoms with Crippen LogP contribution in [0.4, 0.5) is 0 Å². The predicted molar refractivity (Wildman–Crippen MR) is 72.4 cm³/mol. The summed E-state index contributed by atoms with van der Waals surface area (Å²) in [5.74, 6) is 1.65. The molecule has 2 heterocycles. The van der Waals surface area contributed by atoms with E-state index in [1.54, 1.807) is 0 Å². The van der Waals surface area contributed by atoms with Crippen molar-refractivity contribution in [3.8, 4) is 0 Å². The summed E-state index contributed by atoms with van der Waals surface area (Å²) in [7, 11) is 1.81. The van der Waals surface area contributed by atoms with Gasteiger partial charge in [0.05, 0.1) is 13.6 Å². The number of tetrazole rings is 1. The summed E-state index contributed by atoms with van der Waals surface area (Å²) in [6.45, 7) is 9.77. The van der Waals surface area contributed by atoms with Gasteiger partial charge in [0.2, 0.25) is 0 Å². The predicted octanol–water partition coefficient (Wildman–Crippen LogP) is 0.563. The molecule has 0 spiro atoms. The Labute approximate surface area is 114 Å². The van der Waals surface area contributed by atoms with Gasteiger partial charge in [-0.3, -0.25) is 4.90 Å². The fourth-order valence-corrected chi connectivity index (χ4v) is 3.02. The molecule has 0 bridgehead atoms. The van der Waals surface area contributed by atoms with Gasteiger partial charge in [-0.1, -0.05) is 0 Å². The lowest BCUT2D eigenvalue weighted by atomic mass is 9.86. The summed E-state index contributed by atoms with van der Waals surface area (Å²) in [6, 6.07) is 0. The minimum absolute atomic E-state index is 0.133. The lowest BCUT2D eigenvalue weighted by Crippen LogP contribution is -2.67. The smallest absolute Gasteiger partial charge is 0.188 e. The quantitative estimate of drug-likeness (QED) is 0.864. The first-order valence-electron chi connectivity index (χ1n) is 7.12. The van der Waals surface area contributed by atoms with Crippen LogP contribution in [0.15, 0.2) is 0 Å². The first-order valence-corrected chi connectivity index (χ1v) is 7.12. The second-order valence-electron chi connectivity index (χ2n) is 6.91. The molecule has 19 heavy (non-hydrogen) atoms. The van der Waals surface area contributed by atoms with Crippen molar-refractivity contribution >= 4 is 0 Å². The molecule has 106 valence electrons. The van der Waals surface area contributed by atoms with Crippen LogP contribution in [0.5, 0.6) is 0 Å². The Bertz CT molecular complexity index is 463. The van der Waals surface area contributed by atoms with Gasteiger partial charge < -0.3 is 5.32 Å². The molecule has 1 atom stereocenters. The summed E-state index contributed by atoms with van der Waals surface area (Å²) >= 11 is 0. The van der Waals surface area contributed by atoms with Crippen LogP contribution in [0.3, 0.4) is 0 Å². The van der Waals surface area contributed by atoms with Gasteiger partial charge in [0.25, 0.3) is 0 Å². The summed E-state index contributed by atoms with van der Waals surface area (Å²) in [4.78, 5) is 4.03. The van der Waals surface area contributed by atoms with Crippen molar-refractivity contribution in [3.05, 3.63) is 5.82 Å². The number of nitrogens with zero attached hydrogens (tertiary/aromatic N) is 5. The van der Waals surface area contributed by atoms with Crippen LogP contribution in [-0.4, -0.2) is 49.3 Å². The molecule has 0 aromatic carbocycles. The van der Waals surface area contributed by atoms with Crippen molar-refractivity contribution in [2.45, 2.75) is 51.2 Å². The first kappa shape index (κ1) is 13.0. The molecule has 2 aliphatic rings. The fraction of sp³-hybridized carbons (Fsp3) is 0.923. The topological polar surface area (TPSA) is 58.9 Å². The van der Waals surface area contributed by atoms with Gasteiger partial charge >= 0.3 is 0 Å². The SMILES string of the molecule is Cn1nnc(CN2CC(C)(C3CC3)NCC2(C)C)n1. The number of rotatable bonds is 3. The van der Waals surface area contributed by atoms with Crippen LogP contribution >= 0.6 is 0 Å². The van der Waals surface area contributed by atoms with E-state index in [1.807, 2.05) is 7.05 Å². The third-order valence-corrected chi connectivity index (χ3v) is 4.66. The standard InChI is InChI=1S/C13H24N6/c1-12(2)8-14-13(3,10-5-6-10)9-19(12)7-11-15-17-18(4)16-11/h10,14H,5-9H2,1-4H3. The van der Waals surface area contributed by atoms with Crippen molar-refractivity contribution in [1.29, 1.82) is 0 Å². The van der Waals surface area contributed by atoms with E-state index in [4.69, 9.17) is 0 Å². The number of aromatic nitrogens is 4. The molecule has 1 saturated heterocycles. The van der Waals surface area contributed by atoms with E-state index in [0.29, 0.717) is 0 Å². The average molecular weight is 264 g/mol. The summed E-state index contributed by atoms with van der Waals surface area (Å²) < 4.78 is 0. The molecule has 1 saturated carbocycles. The highest BCUT2D eigenvalue weighted by Crippen LogP contribution is 2.42. The lowest BCUT2D eigenvalue weighted by molar-refractivity contribution is 0.0159. The van der Waals surface area contributed by atoms with E-state index < -0.39 is 0 Å². The number of aryl methyl sites for hydroxylation is 1. The molecule has 6 heteroatoms. The van der Waals surface area contributed by atoms with E-state index in [1.165, 1.54) is 17.6 Å². The van der Waals surface area contributed by atoms with Crippen molar-refractivity contribution in [1.82, 2.24) is 30.4 Å². The van der Waals surface area contributed by atoms with Crippen LogP contribution in [0, 0.1) is 5.92 Å². The zero-order chi connectivity index (χ0) is 13.7. The van der Waals surface area contributed by atoms with Gasteiger partial charge in [0.1, 0.15) is 0 Å². The minimum atomic E-state index is 0.133. The molecule has 1 N–H and O–H groups in total. The highest BCUT2D eigenvalue weighted by Gasteiger charge is 2.48. The molecule has 0 radical (unpaired) electrons. The monoisotopic (exact) mass is 264 g/mol. The molecule has 1 aliphatic carbocycles. The third kappa shape index (κ3) is 2.51. The Kier molecular flexibility index (Phi) is 2.90. The van der Waals surface area contributed by atoms with E-state index in [2.05, 4.69) is 46.4 Å². The summed E-state index contributed by atoms with van der Waals surface area (Å²) in [5.41, 5.74) is 0.380. The van der Waals surface area contributed by atoms with E-state index in [-0.39, 0.29) is 11.1 Å². The Balaban J connectivity index is 1.75. The molecule has 1 aliphatic heterocycles. The fourth-order valence-electron chi connectivity index (χ4n) is 3.02. The molecule has 0 amide bonds. The van der Waals surface area contributed by atoms with Gasteiger partial charge in [-0.2, -0.15) is 4.80 Å². The third-order valence-electron chi connectivity index (χ3n) is 4.66. The van der Waals surface area contributed by atoms with Gasteiger partial charge in [-0.15, -0.1) is 10.2 Å². The van der Waals surface area contributed by atoms with Crippen molar-refractivity contribution in [2.75, 3.05) is 13.1 Å². The number of hydrogen-bond donors (Lipinski definition) is 1. The van der Waals surface area contributed by atoms with Crippen molar-refractivity contribution < 1.29 is 0 Å². The number of hydrogen-bond acceptors (Lipinski definition) is 5. The normalized spacial score (nSPS) is 31.6. The van der Waals surface area contributed by atoms with Crippen LogP contribution in [0.25, 0.3) is 0 Å². The highest BCUT2D eigenvalue weighted by atomic mass is 15.6. The summed E-state index contributed by atoms with van der Waals surface area (Å²) in [5, 5.41) is 16.1. The minimum Gasteiger partial charge on any atom is -0.308 e. The lowest BCUT2D eigenvalue weighted by Gasteiger charge is -2.50. The van der Waals surface area contributed by atoms with Crippen LogP contribution in [0.2, 0.25) is 0 Å². The molecular formula is C13H24N6. The molecule has 1 aromatic rings. The average Bonchev–Trinajstić information content (AvgIpc) is 3.11. The number of piperazine rings is 1. The van der Waals surface area contributed by atoms with Crippen LogP contribution in [-0.2, 0) is 13.6 Å². The van der Waals surface area contributed by atoms with E-state index >= 15 is 0 Å². The molecule has 6 nitrogen and oxygen atoms in total. The van der Waals surface area contributed by atoms with Crippen molar-refractivity contribution in [2.24, 2.45) is 13.0 Å². The second-order valence-corrected chi connectivity index (χ2v) is 6.91. The largest absolute Gasteiger partial charge is 0.308 e. The molecule has 2 fully saturated rings. The van der Waals surface area contributed by atoms with Crippen molar-refractivity contribution in [3.63, 3.8) is 0 Å². The van der Waals surface area contributed by atoms with Crippen LogP contribution in [0.1, 0.15) is 39.4 Å². The Morgan fingerprint density at radius 3 is 2.63 bits per heavy atom. The Morgan fingerprint density at radius 1 is 1.32 bits per heavy atom. The van der Waals surface area contributed by atoms with E-state index in [0.717, 1.165) is 31.4 Å². The second kappa shape index (κ2) is 4.24. The van der Waals surface area contributed by atoms with E-state index in [9.17, 15) is 0 Å². The summed E-state index contributed by atoms with van der Waals surface area (Å²) in [6.07, 6.45) is 2.72.